The molecule has 14 aromatic rings. The molecule has 5 aromatic heterocycles. The van der Waals surface area contributed by atoms with E-state index in [1.54, 1.807) is 3.58 Å². The number of benzene rings is 9. The summed E-state index contributed by atoms with van der Waals surface area (Å²) in [7, 11) is 0. The van der Waals surface area contributed by atoms with E-state index in [0.717, 1.165) is 44.6 Å². The number of aromatic nitrogens is 7. The van der Waals surface area contributed by atoms with Gasteiger partial charge in [-0.25, -0.2) is 15.0 Å². The van der Waals surface area contributed by atoms with Crippen molar-refractivity contribution >= 4 is 125 Å². The van der Waals surface area contributed by atoms with Gasteiger partial charge in [0, 0.05) is 38.5 Å². The van der Waals surface area contributed by atoms with E-state index in [-0.39, 0.29) is 32.1 Å². The molecule has 0 fully saturated rings. The number of nitriles is 3. The molecular weight excluding hydrogens is 1260 g/mol. The van der Waals surface area contributed by atoms with Gasteiger partial charge in [0.25, 0.3) is 5.82 Å². The predicted octanol–water partition coefficient (Wildman–Crippen LogP) is 17.5. The number of rotatable bonds is 6. The van der Waals surface area contributed by atoms with Crippen molar-refractivity contribution in [2.75, 3.05) is 0 Å². The fraction of sp³-hybridized carbons (Fsp3) is 0.0435. The zero-order chi connectivity index (χ0) is 57.4. The van der Waals surface area contributed by atoms with E-state index in [0.29, 0.717) is 11.4 Å². The van der Waals surface area contributed by atoms with Gasteiger partial charge in [-0.1, -0.05) is 91.5 Å². The second kappa shape index (κ2) is 22.7. The summed E-state index contributed by atoms with van der Waals surface area (Å²) < 4.78 is 9.00. The van der Waals surface area contributed by atoms with Crippen molar-refractivity contribution in [1.82, 2.24) is 33.6 Å². The first-order chi connectivity index (χ1) is 40.5. The van der Waals surface area contributed by atoms with Crippen LogP contribution in [0.1, 0.15) is 17.1 Å². The van der Waals surface area contributed by atoms with Crippen LogP contribution in [0.4, 0.5) is 5.82 Å². The van der Waals surface area contributed by atoms with Crippen LogP contribution in [-0.4, -0.2) is 52.0 Å². The van der Waals surface area contributed by atoms with Gasteiger partial charge in [-0.05, 0) is 98.1 Å². The number of hydrogen-bond acceptors (Lipinski definition) is 7. The minimum absolute atomic E-state index is 0.153. The Kier molecular flexibility index (Phi) is 14.7. The Bertz CT molecular complexity index is 4630. The molecule has 0 radical (unpaired) electrons. The molecule has 11 nitrogen and oxygen atoms in total. The van der Waals surface area contributed by atoms with Crippen LogP contribution >= 0.6 is 31.9 Å². The van der Waals surface area contributed by atoms with Gasteiger partial charge in [-0.2, -0.15) is 15.8 Å². The topological polar surface area (TPSA) is 142 Å². The normalized spacial score (nSPS) is 11.1. The maximum absolute atomic E-state index is 10.2. The Labute approximate surface area is 499 Å². The van der Waals surface area contributed by atoms with Gasteiger partial charge in [-0.15, -0.1) is 4.98 Å². The van der Waals surface area contributed by atoms with Gasteiger partial charge in [0.2, 0.25) is 0 Å². The Hall–Kier alpha value is -9.74. The molecule has 0 saturated carbocycles. The summed E-state index contributed by atoms with van der Waals surface area (Å²) in [6.45, 7) is 7.97. The summed E-state index contributed by atoms with van der Waals surface area (Å²) in [6, 6.07) is 81.9. The van der Waals surface area contributed by atoms with E-state index in [9.17, 15) is 5.26 Å². The number of nitrogens with zero attached hydrogens (tertiary/aromatic N) is 11. The second-order valence-corrected chi connectivity index (χ2v) is 36.5. The van der Waals surface area contributed by atoms with Crippen molar-refractivity contribution in [3.8, 4) is 57.8 Å². The summed E-state index contributed by atoms with van der Waals surface area (Å²) in [5.74, 6) is 0.153. The van der Waals surface area contributed by atoms with Crippen molar-refractivity contribution in [1.29, 1.82) is 15.8 Å². The first-order valence-corrected chi connectivity index (χ1v) is 38.1. The molecule has 394 valence electrons. The summed E-state index contributed by atoms with van der Waals surface area (Å²) in [5.41, 5.74) is 13.0. The zero-order valence-electron chi connectivity index (χ0n) is 45.0. The molecule has 0 spiro atoms. The summed E-state index contributed by atoms with van der Waals surface area (Å²) >= 11 is 4.03. The molecule has 0 unspecified atom stereocenters. The molecule has 83 heavy (non-hydrogen) atoms. The minimum atomic E-state index is -1.99. The third-order valence-corrected chi connectivity index (χ3v) is 21.6. The second-order valence-electron chi connectivity index (χ2n) is 20.5. The van der Waals surface area contributed by atoms with Crippen LogP contribution in [-0.2, 0) is 0 Å². The van der Waals surface area contributed by atoms with E-state index in [4.69, 9.17) is 27.1 Å². The molecule has 0 aliphatic carbocycles. The number of para-hydroxylation sites is 6. The fourth-order valence-electron chi connectivity index (χ4n) is 10.8. The quantitative estimate of drug-likeness (QED) is 0.119. The van der Waals surface area contributed by atoms with Gasteiger partial charge in [0.15, 0.2) is 22.8 Å². The first kappa shape index (κ1) is 53.9. The Morgan fingerprint density at radius 1 is 0.373 bits per heavy atom. The SMILES string of the molecule is N#Cc1nc(Br)c(C#N)nc1Br.[C-]#[N+]c1nc(-c2ccc(-n3c4ccccc4c4ccccc43)cc2)c(C#N)nc1-c1ccc(-n2c3ccccc3c3ccccc32)cc1.[CH3][Sn]([CH3])([CH3])[c]1ccc(-n2c3ccccc3c3ccccc32)cc1. The monoisotopic (exact) mass is 1310 g/mol. The molecular formula is C69H45Br2N11Sn. The molecule has 0 bridgehead atoms. The van der Waals surface area contributed by atoms with E-state index < -0.39 is 18.4 Å². The molecule has 9 aromatic carbocycles. The summed E-state index contributed by atoms with van der Waals surface area (Å²) in [6.07, 6.45) is 0. The van der Waals surface area contributed by atoms with Crippen molar-refractivity contribution in [2.45, 2.75) is 14.8 Å². The van der Waals surface area contributed by atoms with Crippen molar-refractivity contribution in [3.05, 3.63) is 256 Å². The van der Waals surface area contributed by atoms with Crippen LogP contribution in [0.5, 0.6) is 0 Å². The first-order valence-electron chi connectivity index (χ1n) is 26.5. The molecule has 14 rings (SSSR count). The van der Waals surface area contributed by atoms with Crippen LogP contribution in [0.15, 0.2) is 228 Å². The van der Waals surface area contributed by atoms with Crippen LogP contribution < -0.4 is 3.58 Å². The molecule has 5 heterocycles. The molecule has 0 N–H and O–H groups in total. The van der Waals surface area contributed by atoms with Crippen LogP contribution in [0, 0.1) is 40.6 Å². The standard InChI is InChI=1S/C42H24N6.C18H12N.C6Br2N4.3CH3.Sn/c1-44-42-41(28-20-24-30(25-21-28)48-38-16-8-4-12-33(38)34-13-5-9-17-39(34)48)45-35(26-43)40(46-42)27-18-22-29(23-19-27)47-36-14-6-2-10-31(36)32-11-3-7-15-37(32)47;1-2-8-14(9-3-1)19-17-12-6-4-10-15(17)16-11-5-7-13-18(16)19;7-5-3(1-9)11-6(8)4(2-10)12-5;;;;/h2-25H;2-13H;;3*1H3;. The Morgan fingerprint density at radius 3 is 0.952 bits per heavy atom. The van der Waals surface area contributed by atoms with Crippen molar-refractivity contribution < 1.29 is 0 Å². The average Bonchev–Trinajstić information content (AvgIpc) is 4.26. The maximum atomic E-state index is 10.2. The third kappa shape index (κ3) is 10.1. The number of fused-ring (bicyclic) bond motifs is 9. The molecule has 0 amide bonds. The van der Waals surface area contributed by atoms with E-state index >= 15 is 0 Å². The Balaban J connectivity index is 0.000000159. The molecule has 14 heteroatoms. The van der Waals surface area contributed by atoms with Crippen LogP contribution in [0.25, 0.3) is 110 Å². The third-order valence-electron chi connectivity index (χ3n) is 14.6. The molecule has 0 aliphatic heterocycles. The van der Waals surface area contributed by atoms with Gasteiger partial charge in [0.05, 0.1) is 27.8 Å². The summed E-state index contributed by atoms with van der Waals surface area (Å²) in [5, 5.41) is 34.6. The van der Waals surface area contributed by atoms with Gasteiger partial charge in [-0.3, -0.25) is 0 Å². The Morgan fingerprint density at radius 2 is 0.663 bits per heavy atom. The van der Waals surface area contributed by atoms with Gasteiger partial charge < -0.3 is 14.0 Å². The van der Waals surface area contributed by atoms with Gasteiger partial charge in [0.1, 0.15) is 27.4 Å². The van der Waals surface area contributed by atoms with Crippen molar-refractivity contribution in [3.63, 3.8) is 0 Å². The number of hydrogen-bond donors (Lipinski definition) is 0. The average molecular weight is 1310 g/mol. The van der Waals surface area contributed by atoms with E-state index in [1.165, 1.54) is 49.0 Å². The predicted molar refractivity (Wildman–Crippen MR) is 343 cm³/mol. The van der Waals surface area contributed by atoms with Crippen molar-refractivity contribution in [2.24, 2.45) is 0 Å². The molecule has 0 atom stereocenters. The van der Waals surface area contributed by atoms with Crippen LogP contribution in [0.3, 0.4) is 0 Å². The summed E-state index contributed by atoms with van der Waals surface area (Å²) in [4.78, 5) is 28.1. The van der Waals surface area contributed by atoms with E-state index in [1.807, 2.05) is 84.9 Å². The fourth-order valence-corrected chi connectivity index (χ4v) is 14.8. The van der Waals surface area contributed by atoms with Crippen LogP contribution in [0.2, 0.25) is 14.8 Å². The molecule has 0 saturated heterocycles. The molecule has 0 aliphatic rings. The van der Waals surface area contributed by atoms with Gasteiger partial charge >= 0.3 is 142 Å². The van der Waals surface area contributed by atoms with E-state index in [2.05, 4.69) is 227 Å². The number of halogens is 2. The zero-order valence-corrected chi connectivity index (χ0v) is 51.0.